The number of sulfonamides is 1. The lowest BCUT2D eigenvalue weighted by atomic mass is 9.98. The van der Waals surface area contributed by atoms with Gasteiger partial charge in [-0.1, -0.05) is 11.3 Å². The van der Waals surface area contributed by atoms with Crippen molar-refractivity contribution in [3.8, 4) is 5.19 Å². The average molecular weight is 479 g/mol. The van der Waals surface area contributed by atoms with Crippen molar-refractivity contribution >= 4 is 27.3 Å². The second-order valence-corrected chi connectivity index (χ2v) is 11.5. The molecule has 174 valence electrons. The maximum Gasteiger partial charge on any atom is 0.273 e. The maximum atomic E-state index is 12.9. The molecule has 0 aliphatic carbocycles. The van der Waals surface area contributed by atoms with Gasteiger partial charge in [-0.05, 0) is 49.9 Å². The zero-order chi connectivity index (χ0) is 22.7. The number of hydrogen-bond acceptors (Lipinski definition) is 7. The molecular formula is C22H30N4O4S2. The van der Waals surface area contributed by atoms with E-state index in [0.717, 1.165) is 57.1 Å². The van der Waals surface area contributed by atoms with Crippen molar-refractivity contribution in [2.75, 3.05) is 40.3 Å². The predicted molar refractivity (Wildman–Crippen MR) is 124 cm³/mol. The fourth-order valence-corrected chi connectivity index (χ4v) is 5.82. The Bertz CT molecular complexity index is 993. The van der Waals surface area contributed by atoms with Crippen LogP contribution in [-0.2, 0) is 10.0 Å². The lowest BCUT2D eigenvalue weighted by Crippen LogP contribution is -2.50. The van der Waals surface area contributed by atoms with Crippen molar-refractivity contribution in [2.45, 2.75) is 42.7 Å². The van der Waals surface area contributed by atoms with Gasteiger partial charge >= 0.3 is 0 Å². The zero-order valence-corrected chi connectivity index (χ0v) is 20.1. The molecule has 1 aromatic carbocycles. The van der Waals surface area contributed by atoms with Crippen molar-refractivity contribution < 1.29 is 17.9 Å². The minimum absolute atomic E-state index is 0.0344. The van der Waals surface area contributed by atoms with Crippen LogP contribution in [0.5, 0.6) is 5.19 Å². The van der Waals surface area contributed by atoms with Gasteiger partial charge in [-0.3, -0.25) is 9.69 Å². The van der Waals surface area contributed by atoms with Crippen molar-refractivity contribution in [3.05, 3.63) is 41.4 Å². The summed E-state index contributed by atoms with van der Waals surface area (Å²) in [6, 6.07) is 6.73. The number of ether oxygens (including phenoxy) is 1. The lowest BCUT2D eigenvalue weighted by molar-refractivity contribution is 0.0425. The summed E-state index contributed by atoms with van der Waals surface area (Å²) >= 11 is 1.53. The van der Waals surface area contributed by atoms with Crippen LogP contribution in [0.25, 0.3) is 0 Å². The molecule has 8 nitrogen and oxygen atoms in total. The Morgan fingerprint density at radius 1 is 1.06 bits per heavy atom. The summed E-state index contributed by atoms with van der Waals surface area (Å²) in [5.74, 6) is -0.0344. The van der Waals surface area contributed by atoms with Gasteiger partial charge in [0.25, 0.3) is 11.1 Å². The van der Waals surface area contributed by atoms with E-state index < -0.39 is 10.0 Å². The second kappa shape index (κ2) is 9.86. The number of carbonyl (C=O) groups excluding carboxylic acids is 1. The maximum absolute atomic E-state index is 12.9. The van der Waals surface area contributed by atoms with E-state index in [1.807, 2.05) is 10.3 Å². The molecule has 0 spiro atoms. The largest absolute Gasteiger partial charge is 0.467 e. The SMILES string of the molecule is CN(C)S(=O)(=O)c1ccc(C(=O)N2CCC(N3CCC(Oc4nccs4)CC3)CC2)cc1. The van der Waals surface area contributed by atoms with Crippen LogP contribution in [0.2, 0.25) is 0 Å². The van der Waals surface area contributed by atoms with Crippen LogP contribution in [0, 0.1) is 0 Å². The molecule has 32 heavy (non-hydrogen) atoms. The highest BCUT2D eigenvalue weighted by molar-refractivity contribution is 7.89. The van der Waals surface area contributed by atoms with Crippen LogP contribution < -0.4 is 4.74 Å². The van der Waals surface area contributed by atoms with Crippen LogP contribution in [-0.4, -0.2) is 85.8 Å². The molecule has 0 radical (unpaired) electrons. The van der Waals surface area contributed by atoms with Crippen LogP contribution >= 0.6 is 11.3 Å². The molecule has 4 rings (SSSR count). The molecule has 2 fully saturated rings. The number of aromatic nitrogens is 1. The highest BCUT2D eigenvalue weighted by atomic mass is 32.2. The molecule has 0 bridgehead atoms. The Kier molecular flexibility index (Phi) is 7.14. The molecule has 3 heterocycles. The fourth-order valence-electron chi connectivity index (χ4n) is 4.37. The smallest absolute Gasteiger partial charge is 0.273 e. The van der Waals surface area contributed by atoms with Gasteiger partial charge in [0.05, 0.1) is 4.90 Å². The normalized spacial score (nSPS) is 19.4. The number of piperidine rings is 2. The molecule has 0 N–H and O–H groups in total. The zero-order valence-electron chi connectivity index (χ0n) is 18.5. The van der Waals surface area contributed by atoms with E-state index in [1.54, 1.807) is 18.3 Å². The average Bonchev–Trinajstić information content (AvgIpc) is 3.32. The van der Waals surface area contributed by atoms with Crippen LogP contribution in [0.4, 0.5) is 0 Å². The van der Waals surface area contributed by atoms with Gasteiger partial charge in [-0.25, -0.2) is 17.7 Å². The summed E-state index contributed by atoms with van der Waals surface area (Å²) in [5.41, 5.74) is 0.529. The van der Waals surface area contributed by atoms with Crippen molar-refractivity contribution in [2.24, 2.45) is 0 Å². The summed E-state index contributed by atoms with van der Waals surface area (Å²) in [6.45, 7) is 3.46. The number of hydrogen-bond donors (Lipinski definition) is 0. The van der Waals surface area contributed by atoms with Crippen molar-refractivity contribution in [1.82, 2.24) is 19.1 Å². The third kappa shape index (κ3) is 5.14. The van der Waals surface area contributed by atoms with E-state index >= 15 is 0 Å². The first-order valence-electron chi connectivity index (χ1n) is 11.0. The molecule has 1 aromatic heterocycles. The van der Waals surface area contributed by atoms with E-state index in [1.165, 1.54) is 41.9 Å². The quantitative estimate of drug-likeness (QED) is 0.635. The second-order valence-electron chi connectivity index (χ2n) is 8.49. The highest BCUT2D eigenvalue weighted by Crippen LogP contribution is 2.25. The number of amides is 1. The van der Waals surface area contributed by atoms with E-state index in [-0.39, 0.29) is 16.9 Å². The predicted octanol–water partition coefficient (Wildman–Crippen LogP) is 2.54. The number of rotatable bonds is 6. The number of benzene rings is 1. The Morgan fingerprint density at radius 2 is 1.72 bits per heavy atom. The Hall–Kier alpha value is -2.01. The molecule has 2 aliphatic rings. The third-order valence-electron chi connectivity index (χ3n) is 6.30. The monoisotopic (exact) mass is 478 g/mol. The van der Waals surface area contributed by atoms with Crippen molar-refractivity contribution in [1.29, 1.82) is 0 Å². The number of carbonyl (C=O) groups is 1. The van der Waals surface area contributed by atoms with Crippen LogP contribution in [0.3, 0.4) is 0 Å². The van der Waals surface area contributed by atoms with E-state index in [9.17, 15) is 13.2 Å². The van der Waals surface area contributed by atoms with Gasteiger partial charge in [0.2, 0.25) is 10.0 Å². The molecule has 2 aliphatic heterocycles. The topological polar surface area (TPSA) is 83.1 Å². The lowest BCUT2D eigenvalue weighted by Gasteiger charge is -2.41. The van der Waals surface area contributed by atoms with Gasteiger partial charge in [0.1, 0.15) is 6.10 Å². The number of nitrogens with zero attached hydrogens (tertiary/aromatic N) is 4. The van der Waals surface area contributed by atoms with Gasteiger partial charge in [-0.15, -0.1) is 0 Å². The number of likely N-dealkylation sites (tertiary alicyclic amines) is 2. The number of thiazole rings is 1. The van der Waals surface area contributed by atoms with Gasteiger partial charge in [-0.2, -0.15) is 0 Å². The van der Waals surface area contributed by atoms with Gasteiger partial charge in [0.15, 0.2) is 0 Å². The first-order chi connectivity index (χ1) is 15.3. The molecular weight excluding hydrogens is 448 g/mol. The summed E-state index contributed by atoms with van der Waals surface area (Å²) < 4.78 is 31.6. The highest BCUT2D eigenvalue weighted by Gasteiger charge is 2.31. The molecule has 1 amide bonds. The van der Waals surface area contributed by atoms with Gasteiger partial charge < -0.3 is 9.64 Å². The summed E-state index contributed by atoms with van der Waals surface area (Å²) in [7, 11) is -0.502. The van der Waals surface area contributed by atoms with Crippen molar-refractivity contribution in [3.63, 3.8) is 0 Å². The standard InChI is InChI=1S/C22H30N4O4S2/c1-24(2)32(28,29)20-5-3-17(4-6-20)21(27)26-12-7-18(8-13-26)25-14-9-19(10-15-25)30-22-23-11-16-31-22/h3-6,11,16,18-19H,7-10,12-15H2,1-2H3. The first-order valence-corrected chi connectivity index (χ1v) is 13.3. The minimum Gasteiger partial charge on any atom is -0.467 e. The molecule has 0 saturated carbocycles. The summed E-state index contributed by atoms with van der Waals surface area (Å²) in [4.78, 5) is 21.7. The van der Waals surface area contributed by atoms with E-state index in [0.29, 0.717) is 11.6 Å². The fraction of sp³-hybridized carbons (Fsp3) is 0.545. The molecule has 0 unspecified atom stereocenters. The summed E-state index contributed by atoms with van der Waals surface area (Å²) in [6.07, 6.45) is 5.91. The molecule has 2 saturated heterocycles. The first kappa shape index (κ1) is 23.2. The van der Waals surface area contributed by atoms with Crippen LogP contribution in [0.1, 0.15) is 36.0 Å². The molecule has 10 heteroatoms. The molecule has 0 atom stereocenters. The van der Waals surface area contributed by atoms with E-state index in [2.05, 4.69) is 9.88 Å². The summed E-state index contributed by atoms with van der Waals surface area (Å²) in [5, 5.41) is 2.68. The molecule has 2 aromatic rings. The Labute approximate surface area is 193 Å². The van der Waals surface area contributed by atoms with Crippen LogP contribution in [0.15, 0.2) is 40.7 Å². The van der Waals surface area contributed by atoms with Gasteiger partial charge in [0, 0.05) is 63.5 Å². The minimum atomic E-state index is -3.49. The Balaban J connectivity index is 1.26. The Morgan fingerprint density at radius 3 is 2.28 bits per heavy atom. The van der Waals surface area contributed by atoms with E-state index in [4.69, 9.17) is 4.74 Å². The third-order valence-corrected chi connectivity index (χ3v) is 8.79.